The molecule has 0 rings (SSSR count). The predicted octanol–water partition coefficient (Wildman–Crippen LogP) is 2.22. The summed E-state index contributed by atoms with van der Waals surface area (Å²) < 4.78 is 14.6. The maximum absolute atomic E-state index is 12.1. The Bertz CT molecular complexity index is 460. The first-order valence-corrected chi connectivity index (χ1v) is 7.75. The Morgan fingerprint density at radius 1 is 1.08 bits per heavy atom. The van der Waals surface area contributed by atoms with Gasteiger partial charge >= 0.3 is 18.0 Å². The van der Waals surface area contributed by atoms with Crippen molar-refractivity contribution in [1.29, 1.82) is 0 Å². The van der Waals surface area contributed by atoms with Crippen molar-refractivity contribution in [1.82, 2.24) is 5.32 Å². The second-order valence-electron chi connectivity index (χ2n) is 5.79. The number of ether oxygens (including phenoxy) is 3. The molecule has 0 aromatic heterocycles. The fraction of sp³-hybridized carbons (Fsp3) is 0.588. The minimum Gasteiger partial charge on any atom is -0.461 e. The third-order valence-corrected chi connectivity index (χ3v) is 3.08. The molecule has 0 aliphatic rings. The van der Waals surface area contributed by atoms with Crippen LogP contribution in [0, 0.1) is 11.3 Å². The molecule has 1 amide bonds. The molecule has 0 bridgehead atoms. The first-order valence-electron chi connectivity index (χ1n) is 7.75. The van der Waals surface area contributed by atoms with Crippen molar-refractivity contribution >= 4 is 18.0 Å². The molecule has 0 saturated carbocycles. The Morgan fingerprint density at radius 2 is 1.71 bits per heavy atom. The molecule has 0 aromatic carbocycles. The zero-order chi connectivity index (χ0) is 18.6. The van der Waals surface area contributed by atoms with Gasteiger partial charge in [0.05, 0.1) is 12.0 Å². The molecule has 0 heterocycles. The van der Waals surface area contributed by atoms with E-state index in [2.05, 4.69) is 23.2 Å². The van der Waals surface area contributed by atoms with Gasteiger partial charge in [-0.2, -0.15) is 0 Å². The number of hydrogen-bond donors (Lipinski definition) is 1. The van der Waals surface area contributed by atoms with Crippen LogP contribution in [-0.2, 0) is 23.8 Å². The molecule has 0 saturated heterocycles. The number of hydrogen-bond acceptors (Lipinski definition) is 6. The molecule has 1 unspecified atom stereocenters. The highest BCUT2D eigenvalue weighted by molar-refractivity contribution is 5.81. The summed E-state index contributed by atoms with van der Waals surface area (Å²) in [4.78, 5) is 34.2. The maximum atomic E-state index is 12.1. The van der Waals surface area contributed by atoms with Crippen LogP contribution >= 0.6 is 0 Å². The van der Waals surface area contributed by atoms with Crippen molar-refractivity contribution < 1.29 is 28.6 Å². The lowest BCUT2D eigenvalue weighted by Crippen LogP contribution is -2.32. The molecule has 7 heteroatoms. The number of carbonyl (C=O) groups is 3. The topological polar surface area (TPSA) is 90.9 Å². The van der Waals surface area contributed by atoms with Gasteiger partial charge in [-0.3, -0.25) is 4.79 Å². The molecule has 0 radical (unpaired) electrons. The van der Waals surface area contributed by atoms with Gasteiger partial charge in [0.15, 0.2) is 0 Å². The molecule has 0 fully saturated rings. The summed E-state index contributed by atoms with van der Waals surface area (Å²) in [6.45, 7) is 12.7. The second-order valence-corrected chi connectivity index (χ2v) is 5.79. The first-order chi connectivity index (χ1) is 11.2. The SMILES string of the molecule is C=CC(=O)OCCNC(=O)OCCOC(=O)C(C)(C=C)CC(C)C. The fourth-order valence-corrected chi connectivity index (χ4v) is 1.95. The van der Waals surface area contributed by atoms with Gasteiger partial charge in [-0.15, -0.1) is 6.58 Å². The molecular formula is C17H27NO6. The standard InChI is InChI=1S/C17H27NO6/c1-6-14(19)22-9-8-18-16(21)24-11-10-23-15(20)17(5,7-2)12-13(3)4/h6-7,13H,1-2,8-12H2,3-5H3,(H,18,21). The Hall–Kier alpha value is -2.31. The summed E-state index contributed by atoms with van der Waals surface area (Å²) in [6.07, 6.45) is 2.55. The highest BCUT2D eigenvalue weighted by Gasteiger charge is 2.32. The molecule has 0 spiro atoms. The van der Waals surface area contributed by atoms with E-state index in [0.29, 0.717) is 12.3 Å². The van der Waals surface area contributed by atoms with Gasteiger partial charge in [-0.25, -0.2) is 9.59 Å². The van der Waals surface area contributed by atoms with Crippen molar-refractivity contribution in [2.45, 2.75) is 27.2 Å². The molecular weight excluding hydrogens is 314 g/mol. The van der Waals surface area contributed by atoms with E-state index in [-0.39, 0.29) is 26.4 Å². The summed E-state index contributed by atoms with van der Waals surface area (Å²) >= 11 is 0. The third-order valence-electron chi connectivity index (χ3n) is 3.08. The van der Waals surface area contributed by atoms with Crippen molar-refractivity contribution in [2.75, 3.05) is 26.4 Å². The Kier molecular flexibility index (Phi) is 10.2. The molecule has 0 aliphatic heterocycles. The average molecular weight is 341 g/mol. The Balaban J connectivity index is 3.93. The van der Waals surface area contributed by atoms with Crippen LogP contribution in [0.4, 0.5) is 4.79 Å². The van der Waals surface area contributed by atoms with Crippen LogP contribution in [0.2, 0.25) is 0 Å². The monoisotopic (exact) mass is 341 g/mol. The first kappa shape index (κ1) is 21.7. The maximum Gasteiger partial charge on any atom is 0.407 e. The highest BCUT2D eigenvalue weighted by Crippen LogP contribution is 2.28. The molecule has 0 aliphatic carbocycles. The van der Waals surface area contributed by atoms with Crippen LogP contribution in [0.15, 0.2) is 25.3 Å². The Morgan fingerprint density at radius 3 is 2.25 bits per heavy atom. The smallest absolute Gasteiger partial charge is 0.407 e. The molecule has 7 nitrogen and oxygen atoms in total. The molecule has 24 heavy (non-hydrogen) atoms. The van der Waals surface area contributed by atoms with Gasteiger partial charge in [0.25, 0.3) is 0 Å². The number of rotatable bonds is 11. The molecule has 1 atom stereocenters. The van der Waals surface area contributed by atoms with Crippen LogP contribution < -0.4 is 5.32 Å². The lowest BCUT2D eigenvalue weighted by atomic mass is 9.82. The van der Waals surface area contributed by atoms with E-state index in [4.69, 9.17) is 9.47 Å². The molecule has 1 N–H and O–H groups in total. The van der Waals surface area contributed by atoms with Crippen molar-refractivity contribution in [3.63, 3.8) is 0 Å². The fourth-order valence-electron chi connectivity index (χ4n) is 1.95. The van der Waals surface area contributed by atoms with Crippen LogP contribution in [0.25, 0.3) is 0 Å². The van der Waals surface area contributed by atoms with Gasteiger partial charge in [-0.05, 0) is 19.3 Å². The minimum atomic E-state index is -0.758. The largest absolute Gasteiger partial charge is 0.461 e. The third kappa shape index (κ3) is 8.97. The van der Waals surface area contributed by atoms with Crippen LogP contribution in [0.3, 0.4) is 0 Å². The van der Waals surface area contributed by atoms with Gasteiger partial charge in [0.2, 0.25) is 0 Å². The number of amides is 1. The summed E-state index contributed by atoms with van der Waals surface area (Å²) in [5.41, 5.74) is -0.758. The second kappa shape index (κ2) is 11.3. The summed E-state index contributed by atoms with van der Waals surface area (Å²) in [6, 6.07) is 0. The number of esters is 2. The van der Waals surface area contributed by atoms with Crippen molar-refractivity contribution in [2.24, 2.45) is 11.3 Å². The van der Waals surface area contributed by atoms with E-state index < -0.39 is 23.4 Å². The molecule has 0 aromatic rings. The van der Waals surface area contributed by atoms with E-state index in [1.54, 1.807) is 13.0 Å². The number of carbonyl (C=O) groups excluding carboxylic acids is 3. The van der Waals surface area contributed by atoms with E-state index in [0.717, 1.165) is 6.08 Å². The summed E-state index contributed by atoms with van der Waals surface area (Å²) in [5, 5.41) is 2.39. The Labute approximate surface area is 143 Å². The van der Waals surface area contributed by atoms with Gasteiger partial charge in [0, 0.05) is 6.08 Å². The van der Waals surface area contributed by atoms with Gasteiger partial charge < -0.3 is 19.5 Å². The summed E-state index contributed by atoms with van der Waals surface area (Å²) in [7, 11) is 0. The molecule has 136 valence electrons. The lowest BCUT2D eigenvalue weighted by molar-refractivity contribution is -0.154. The van der Waals surface area contributed by atoms with E-state index in [1.165, 1.54) is 0 Å². The quantitative estimate of drug-likeness (QED) is 0.204. The van der Waals surface area contributed by atoms with E-state index in [1.807, 2.05) is 13.8 Å². The van der Waals surface area contributed by atoms with Crippen LogP contribution in [-0.4, -0.2) is 44.4 Å². The minimum absolute atomic E-state index is 0.0157. The summed E-state index contributed by atoms with van der Waals surface area (Å²) in [5.74, 6) is -0.645. The number of nitrogens with one attached hydrogen (secondary N) is 1. The average Bonchev–Trinajstić information content (AvgIpc) is 2.54. The van der Waals surface area contributed by atoms with Crippen molar-refractivity contribution in [3.8, 4) is 0 Å². The highest BCUT2D eigenvalue weighted by atomic mass is 16.6. The number of alkyl carbamates (subject to hydrolysis) is 1. The van der Waals surface area contributed by atoms with E-state index >= 15 is 0 Å². The van der Waals surface area contributed by atoms with Crippen LogP contribution in [0.1, 0.15) is 27.2 Å². The zero-order valence-corrected chi connectivity index (χ0v) is 14.6. The van der Waals surface area contributed by atoms with Gasteiger partial charge in [-0.1, -0.05) is 26.5 Å². The van der Waals surface area contributed by atoms with Crippen molar-refractivity contribution in [3.05, 3.63) is 25.3 Å². The lowest BCUT2D eigenvalue weighted by Gasteiger charge is -2.25. The normalized spacial score (nSPS) is 12.7. The zero-order valence-electron chi connectivity index (χ0n) is 14.6. The van der Waals surface area contributed by atoms with Gasteiger partial charge in [0.1, 0.15) is 19.8 Å². The van der Waals surface area contributed by atoms with Crippen LogP contribution in [0.5, 0.6) is 0 Å². The van der Waals surface area contributed by atoms with E-state index in [9.17, 15) is 14.4 Å². The predicted molar refractivity (Wildman–Crippen MR) is 89.2 cm³/mol.